The Labute approximate surface area is 224 Å². The summed E-state index contributed by atoms with van der Waals surface area (Å²) in [7, 11) is 0. The number of fused-ring (bicyclic) bond motifs is 1. The van der Waals surface area contributed by atoms with Gasteiger partial charge in [-0.15, -0.1) is 0 Å². The van der Waals surface area contributed by atoms with Gasteiger partial charge in [-0.25, -0.2) is 13.8 Å². The van der Waals surface area contributed by atoms with Crippen molar-refractivity contribution in [2.45, 2.75) is 39.0 Å². The number of nitrogens with one attached hydrogen (secondary N) is 1. The molecule has 1 N–H and O–H groups in total. The molecule has 1 aliphatic heterocycles. The standard InChI is InChI=1S/C30H27F2N3O4/c1-2-28(36)35-13-12-20-8-11-24(15-25(20)29(35)21-6-9-22(31)10-7-21)38-18-27-34-26(17-39-27)30(37)33-16-19-4-3-5-23(32)14-19/h3-11,14-15,17,29H,2,12-13,16,18H2,1H3,(H,33,37)/t29-/m1/s1. The van der Waals surface area contributed by atoms with Crippen LogP contribution in [0.1, 0.15) is 58.0 Å². The number of carbonyl (C=O) groups excluding carboxylic acids is 2. The maximum absolute atomic E-state index is 13.6. The van der Waals surface area contributed by atoms with E-state index in [1.807, 2.05) is 30.0 Å². The van der Waals surface area contributed by atoms with Gasteiger partial charge in [0.25, 0.3) is 5.91 Å². The smallest absolute Gasteiger partial charge is 0.273 e. The zero-order valence-corrected chi connectivity index (χ0v) is 21.3. The molecular weight excluding hydrogens is 504 g/mol. The van der Waals surface area contributed by atoms with Gasteiger partial charge >= 0.3 is 0 Å². The quantitative estimate of drug-likeness (QED) is 0.332. The predicted octanol–water partition coefficient (Wildman–Crippen LogP) is 5.35. The van der Waals surface area contributed by atoms with Gasteiger partial charge in [-0.1, -0.05) is 37.3 Å². The largest absolute Gasteiger partial charge is 0.484 e. The topological polar surface area (TPSA) is 84.7 Å². The Hall–Kier alpha value is -4.53. The lowest BCUT2D eigenvalue weighted by molar-refractivity contribution is -0.132. The van der Waals surface area contributed by atoms with E-state index in [0.717, 1.165) is 16.7 Å². The molecule has 5 rings (SSSR count). The summed E-state index contributed by atoms with van der Waals surface area (Å²) in [5.41, 5.74) is 3.53. The lowest BCUT2D eigenvalue weighted by Crippen LogP contribution is -2.40. The number of oxazole rings is 1. The Morgan fingerprint density at radius 3 is 2.67 bits per heavy atom. The molecular formula is C30H27F2N3O4. The third-order valence-electron chi connectivity index (χ3n) is 6.64. The van der Waals surface area contributed by atoms with Crippen molar-refractivity contribution in [3.05, 3.63) is 118 Å². The monoisotopic (exact) mass is 531 g/mol. The molecule has 0 radical (unpaired) electrons. The van der Waals surface area contributed by atoms with Crippen LogP contribution in [0.2, 0.25) is 0 Å². The number of nitrogens with zero attached hydrogens (tertiary/aromatic N) is 2. The van der Waals surface area contributed by atoms with E-state index in [2.05, 4.69) is 10.3 Å². The van der Waals surface area contributed by atoms with Gasteiger partial charge in [0.05, 0.1) is 6.04 Å². The summed E-state index contributed by atoms with van der Waals surface area (Å²) >= 11 is 0. The van der Waals surface area contributed by atoms with Crippen molar-refractivity contribution in [1.82, 2.24) is 15.2 Å². The Bertz CT molecular complexity index is 1490. The van der Waals surface area contributed by atoms with Gasteiger partial charge in [-0.3, -0.25) is 9.59 Å². The highest BCUT2D eigenvalue weighted by Crippen LogP contribution is 2.37. The minimum Gasteiger partial charge on any atom is -0.484 e. The lowest BCUT2D eigenvalue weighted by atomic mass is 9.87. The van der Waals surface area contributed by atoms with Crippen LogP contribution in [0.3, 0.4) is 0 Å². The first kappa shape index (κ1) is 26.1. The van der Waals surface area contributed by atoms with E-state index >= 15 is 0 Å². The number of hydrogen-bond donors (Lipinski definition) is 1. The van der Waals surface area contributed by atoms with Crippen LogP contribution in [-0.4, -0.2) is 28.2 Å². The van der Waals surface area contributed by atoms with Gasteiger partial charge in [0.15, 0.2) is 12.3 Å². The molecule has 0 saturated carbocycles. The van der Waals surface area contributed by atoms with Gasteiger partial charge in [-0.2, -0.15) is 0 Å². The number of halogens is 2. The van der Waals surface area contributed by atoms with Crippen LogP contribution in [0.5, 0.6) is 5.75 Å². The molecule has 1 aliphatic rings. The van der Waals surface area contributed by atoms with Crippen LogP contribution in [-0.2, 0) is 24.4 Å². The van der Waals surface area contributed by atoms with Crippen LogP contribution < -0.4 is 10.1 Å². The molecule has 1 atom stereocenters. The normalized spacial score (nSPS) is 14.5. The number of rotatable bonds is 8. The van der Waals surface area contributed by atoms with Crippen molar-refractivity contribution in [1.29, 1.82) is 0 Å². The third kappa shape index (κ3) is 5.98. The zero-order valence-electron chi connectivity index (χ0n) is 21.3. The van der Waals surface area contributed by atoms with Gasteiger partial charge in [0.1, 0.15) is 23.6 Å². The Kier molecular flexibility index (Phi) is 7.67. The zero-order chi connectivity index (χ0) is 27.4. The van der Waals surface area contributed by atoms with Crippen LogP contribution in [0.15, 0.2) is 77.4 Å². The van der Waals surface area contributed by atoms with Crippen molar-refractivity contribution in [3.8, 4) is 5.75 Å². The van der Waals surface area contributed by atoms with E-state index in [9.17, 15) is 18.4 Å². The maximum Gasteiger partial charge on any atom is 0.273 e. The van der Waals surface area contributed by atoms with E-state index in [1.165, 1.54) is 30.5 Å². The SMILES string of the molecule is CCC(=O)N1CCc2ccc(OCc3nc(C(=O)NCc4cccc(F)c4)co3)cc2[C@H]1c1ccc(F)cc1. The average Bonchev–Trinajstić information content (AvgIpc) is 3.43. The van der Waals surface area contributed by atoms with Crippen molar-refractivity contribution < 1.29 is 27.5 Å². The van der Waals surface area contributed by atoms with Gasteiger partial charge in [0.2, 0.25) is 11.8 Å². The first-order chi connectivity index (χ1) is 18.9. The number of benzene rings is 3. The fourth-order valence-corrected chi connectivity index (χ4v) is 4.71. The second-order valence-electron chi connectivity index (χ2n) is 9.23. The van der Waals surface area contributed by atoms with E-state index < -0.39 is 5.91 Å². The maximum atomic E-state index is 13.6. The minimum absolute atomic E-state index is 0.0179. The molecule has 2 heterocycles. The highest BCUT2D eigenvalue weighted by Gasteiger charge is 2.31. The third-order valence-corrected chi connectivity index (χ3v) is 6.64. The van der Waals surface area contributed by atoms with Crippen molar-refractivity contribution in [2.24, 2.45) is 0 Å². The molecule has 0 unspecified atom stereocenters. The molecule has 1 aromatic heterocycles. The molecule has 9 heteroatoms. The Morgan fingerprint density at radius 1 is 1.08 bits per heavy atom. The first-order valence-corrected chi connectivity index (χ1v) is 12.7. The van der Waals surface area contributed by atoms with E-state index in [0.29, 0.717) is 30.7 Å². The molecule has 39 heavy (non-hydrogen) atoms. The number of ether oxygens (including phenoxy) is 1. The summed E-state index contributed by atoms with van der Waals surface area (Å²) in [5, 5.41) is 2.68. The molecule has 0 fully saturated rings. The fourth-order valence-electron chi connectivity index (χ4n) is 4.71. The van der Waals surface area contributed by atoms with Gasteiger partial charge in [0, 0.05) is 19.5 Å². The van der Waals surface area contributed by atoms with Crippen molar-refractivity contribution >= 4 is 11.8 Å². The summed E-state index contributed by atoms with van der Waals surface area (Å²) in [4.78, 5) is 31.2. The van der Waals surface area contributed by atoms with Crippen LogP contribution in [0.25, 0.3) is 0 Å². The molecule has 2 amide bonds. The molecule has 0 spiro atoms. The second kappa shape index (κ2) is 11.5. The lowest BCUT2D eigenvalue weighted by Gasteiger charge is -2.38. The predicted molar refractivity (Wildman–Crippen MR) is 139 cm³/mol. The summed E-state index contributed by atoms with van der Waals surface area (Å²) in [5.74, 6) is -0.398. The van der Waals surface area contributed by atoms with Crippen LogP contribution in [0, 0.1) is 11.6 Å². The molecule has 7 nitrogen and oxygen atoms in total. The van der Waals surface area contributed by atoms with E-state index in [-0.39, 0.29) is 48.3 Å². The molecule has 200 valence electrons. The van der Waals surface area contributed by atoms with E-state index in [1.54, 1.807) is 24.3 Å². The summed E-state index contributed by atoms with van der Waals surface area (Å²) in [6, 6.07) is 17.5. The molecule has 0 bridgehead atoms. The van der Waals surface area contributed by atoms with Crippen LogP contribution >= 0.6 is 0 Å². The second-order valence-corrected chi connectivity index (χ2v) is 9.23. The number of carbonyl (C=O) groups is 2. The number of amides is 2. The molecule has 0 saturated heterocycles. The number of aromatic nitrogens is 1. The summed E-state index contributed by atoms with van der Waals surface area (Å²) in [6.07, 6.45) is 2.31. The first-order valence-electron chi connectivity index (χ1n) is 12.7. The summed E-state index contributed by atoms with van der Waals surface area (Å²) < 4.78 is 38.3. The highest BCUT2D eigenvalue weighted by atomic mass is 19.1. The van der Waals surface area contributed by atoms with Gasteiger partial charge < -0.3 is 19.4 Å². The minimum atomic E-state index is -0.453. The Morgan fingerprint density at radius 2 is 1.90 bits per heavy atom. The Balaban J connectivity index is 1.29. The molecule has 3 aromatic carbocycles. The molecule has 4 aromatic rings. The average molecular weight is 532 g/mol. The van der Waals surface area contributed by atoms with Crippen LogP contribution in [0.4, 0.5) is 8.78 Å². The van der Waals surface area contributed by atoms with Crippen molar-refractivity contribution in [2.75, 3.05) is 6.54 Å². The number of hydrogen-bond acceptors (Lipinski definition) is 5. The highest BCUT2D eigenvalue weighted by molar-refractivity contribution is 5.91. The fraction of sp³-hybridized carbons (Fsp3) is 0.233. The van der Waals surface area contributed by atoms with E-state index in [4.69, 9.17) is 9.15 Å². The van der Waals surface area contributed by atoms with Gasteiger partial charge in [-0.05, 0) is 65.1 Å². The van der Waals surface area contributed by atoms with Crippen molar-refractivity contribution in [3.63, 3.8) is 0 Å². The molecule has 0 aliphatic carbocycles. The summed E-state index contributed by atoms with van der Waals surface area (Å²) in [6.45, 7) is 2.53.